The van der Waals surface area contributed by atoms with Gasteiger partial charge in [0.2, 0.25) is 9.84 Å². The molecule has 4 aromatic rings. The molecule has 0 fully saturated rings. The minimum absolute atomic E-state index is 0.214. The van der Waals surface area contributed by atoms with Crippen LogP contribution in [0.3, 0.4) is 0 Å². The van der Waals surface area contributed by atoms with Gasteiger partial charge in [-0.1, -0.05) is 66.7 Å². The molecule has 0 saturated heterocycles. The first-order valence-corrected chi connectivity index (χ1v) is 11.8. The number of nitrogens with zero attached hydrogens (tertiary/aromatic N) is 1. The van der Waals surface area contributed by atoms with E-state index in [0.29, 0.717) is 6.42 Å². The largest absolute Gasteiger partial charge is 0.423 e. The van der Waals surface area contributed by atoms with Crippen LogP contribution < -0.4 is 4.74 Å². The summed E-state index contributed by atoms with van der Waals surface area (Å²) in [6, 6.07) is 27.3. The monoisotopic (exact) mass is 473 g/mol. The fraction of sp³-hybridized carbons (Fsp3) is 0.0385. The highest BCUT2D eigenvalue weighted by Crippen LogP contribution is 2.31. The first-order chi connectivity index (χ1) is 16.4. The lowest BCUT2D eigenvalue weighted by molar-refractivity contribution is -0.387. The molecule has 0 radical (unpaired) electrons. The summed E-state index contributed by atoms with van der Waals surface area (Å²) < 4.78 is 31.9. The topological polar surface area (TPSA) is 104 Å². The Balaban J connectivity index is 1.60. The van der Waals surface area contributed by atoms with E-state index in [1.54, 1.807) is 12.1 Å². The number of rotatable bonds is 7. The van der Waals surface area contributed by atoms with Crippen molar-refractivity contribution < 1.29 is 22.9 Å². The summed E-state index contributed by atoms with van der Waals surface area (Å²) >= 11 is 0. The van der Waals surface area contributed by atoms with Gasteiger partial charge >= 0.3 is 5.97 Å². The summed E-state index contributed by atoms with van der Waals surface area (Å²) in [6.45, 7) is 0. The Morgan fingerprint density at radius 2 is 1.29 bits per heavy atom. The molecule has 0 N–H and O–H groups in total. The van der Waals surface area contributed by atoms with Gasteiger partial charge in [-0.3, -0.25) is 10.1 Å². The molecule has 0 saturated carbocycles. The van der Waals surface area contributed by atoms with Crippen molar-refractivity contribution in [2.45, 2.75) is 16.2 Å². The molecule has 8 heteroatoms. The minimum Gasteiger partial charge on any atom is -0.423 e. The molecule has 7 nitrogen and oxygen atoms in total. The Hall–Kier alpha value is -4.30. The number of sulfone groups is 1. The summed E-state index contributed by atoms with van der Waals surface area (Å²) in [4.78, 5) is 22.6. The summed E-state index contributed by atoms with van der Waals surface area (Å²) in [5.41, 5.74) is 1.38. The Morgan fingerprint density at radius 3 is 1.97 bits per heavy atom. The highest BCUT2D eigenvalue weighted by Gasteiger charge is 2.31. The molecule has 34 heavy (non-hydrogen) atoms. The van der Waals surface area contributed by atoms with Gasteiger partial charge in [-0.15, -0.1) is 0 Å². The summed E-state index contributed by atoms with van der Waals surface area (Å²) in [5, 5.41) is 11.4. The summed E-state index contributed by atoms with van der Waals surface area (Å²) in [6.07, 6.45) is 0.714. The average Bonchev–Trinajstić information content (AvgIpc) is 2.86. The minimum atomic E-state index is -4.37. The van der Waals surface area contributed by atoms with Gasteiger partial charge in [0.1, 0.15) is 10.6 Å². The Bertz CT molecular complexity index is 1450. The second-order valence-corrected chi connectivity index (χ2v) is 9.31. The van der Waals surface area contributed by atoms with Crippen LogP contribution in [0.5, 0.6) is 5.75 Å². The summed E-state index contributed by atoms with van der Waals surface area (Å²) in [7, 11) is -4.37. The molecule has 4 rings (SSSR count). The number of para-hydroxylation sites is 1. The van der Waals surface area contributed by atoms with Crippen LogP contribution in [0.2, 0.25) is 0 Å². The van der Waals surface area contributed by atoms with Crippen LogP contribution in [0.15, 0.2) is 113 Å². The normalized spacial score (nSPS) is 11.1. The van der Waals surface area contributed by atoms with Gasteiger partial charge in [0.15, 0.2) is 0 Å². The smallest absolute Gasteiger partial charge is 0.344 e. The van der Waals surface area contributed by atoms with Crippen molar-refractivity contribution in [3.63, 3.8) is 0 Å². The number of benzene rings is 4. The van der Waals surface area contributed by atoms with Gasteiger partial charge in [-0.05, 0) is 47.9 Å². The van der Waals surface area contributed by atoms with E-state index in [1.807, 2.05) is 42.5 Å². The van der Waals surface area contributed by atoms with Gasteiger partial charge in [0, 0.05) is 6.07 Å². The zero-order valence-electron chi connectivity index (χ0n) is 17.8. The van der Waals surface area contributed by atoms with Crippen LogP contribution in [-0.2, 0) is 16.3 Å². The molecule has 4 aromatic carbocycles. The number of ether oxygens (including phenoxy) is 1. The molecule has 0 heterocycles. The van der Waals surface area contributed by atoms with Crippen molar-refractivity contribution in [1.82, 2.24) is 0 Å². The summed E-state index contributed by atoms with van der Waals surface area (Å²) in [5.74, 6) is -0.631. The lowest BCUT2D eigenvalue weighted by atomic mass is 10.1. The highest BCUT2D eigenvalue weighted by molar-refractivity contribution is 7.91. The molecular weight excluding hydrogens is 454 g/mol. The van der Waals surface area contributed by atoms with E-state index >= 15 is 0 Å². The van der Waals surface area contributed by atoms with E-state index in [2.05, 4.69) is 0 Å². The van der Waals surface area contributed by atoms with Gasteiger partial charge in [-0.2, -0.15) is 0 Å². The molecule has 0 atom stereocenters. The molecule has 0 unspecified atom stereocenters. The molecular formula is C26H19NO6S. The Kier molecular flexibility index (Phi) is 6.51. The molecule has 0 bridgehead atoms. The lowest BCUT2D eigenvalue weighted by Gasteiger charge is -2.11. The van der Waals surface area contributed by atoms with Crippen LogP contribution in [-0.4, -0.2) is 19.3 Å². The van der Waals surface area contributed by atoms with Crippen molar-refractivity contribution in [2.24, 2.45) is 0 Å². The zero-order valence-corrected chi connectivity index (χ0v) is 18.6. The van der Waals surface area contributed by atoms with Crippen LogP contribution >= 0.6 is 0 Å². The van der Waals surface area contributed by atoms with Crippen LogP contribution in [0.1, 0.15) is 21.5 Å². The predicted molar refractivity (Wildman–Crippen MR) is 126 cm³/mol. The maximum atomic E-state index is 13.2. The highest BCUT2D eigenvalue weighted by atomic mass is 32.2. The third-order valence-corrected chi connectivity index (χ3v) is 6.99. The maximum absolute atomic E-state index is 13.2. The van der Waals surface area contributed by atoms with E-state index in [9.17, 15) is 23.3 Å². The second-order valence-electron chi connectivity index (χ2n) is 7.42. The molecule has 0 amide bonds. The van der Waals surface area contributed by atoms with E-state index < -0.39 is 31.3 Å². The number of hydrogen-bond donors (Lipinski definition) is 0. The molecule has 170 valence electrons. The second kappa shape index (κ2) is 9.68. The number of hydrogen-bond acceptors (Lipinski definition) is 6. The molecule has 0 aromatic heterocycles. The first kappa shape index (κ1) is 22.9. The van der Waals surface area contributed by atoms with E-state index in [0.717, 1.165) is 23.3 Å². The molecule has 0 spiro atoms. The van der Waals surface area contributed by atoms with Gasteiger partial charge in [0.25, 0.3) is 5.69 Å². The average molecular weight is 474 g/mol. The fourth-order valence-electron chi connectivity index (χ4n) is 3.49. The lowest BCUT2D eigenvalue weighted by Crippen LogP contribution is -2.15. The Morgan fingerprint density at radius 1 is 0.735 bits per heavy atom. The SMILES string of the molecule is O=C(Oc1ccc(Cc2ccccc2)cc1)c1ccccc1S(=O)(=O)c1ccccc1[N+](=O)[O-]. The molecule has 0 aliphatic heterocycles. The van der Waals surface area contributed by atoms with Gasteiger partial charge < -0.3 is 4.74 Å². The Labute approximate surface area is 196 Å². The van der Waals surface area contributed by atoms with E-state index in [1.165, 1.54) is 36.4 Å². The van der Waals surface area contributed by atoms with Crippen molar-refractivity contribution >= 4 is 21.5 Å². The first-order valence-electron chi connectivity index (χ1n) is 10.3. The van der Waals surface area contributed by atoms with E-state index in [-0.39, 0.29) is 16.2 Å². The third kappa shape index (κ3) is 4.87. The zero-order chi connectivity index (χ0) is 24.1. The van der Waals surface area contributed by atoms with E-state index in [4.69, 9.17) is 4.74 Å². The van der Waals surface area contributed by atoms with Gasteiger partial charge in [0.05, 0.1) is 15.4 Å². The standard InChI is InChI=1S/C26H19NO6S/c28-26(33-21-16-14-20(15-17-21)18-19-8-2-1-3-9-19)22-10-4-6-12-24(22)34(31,32)25-13-7-5-11-23(25)27(29)30/h1-17H,18H2. The maximum Gasteiger partial charge on any atom is 0.344 e. The number of esters is 1. The predicted octanol–water partition coefficient (Wildman–Crippen LogP) is 5.24. The van der Waals surface area contributed by atoms with Crippen molar-refractivity contribution in [3.05, 3.63) is 130 Å². The number of carbonyl (C=O) groups excluding carboxylic acids is 1. The van der Waals surface area contributed by atoms with Crippen LogP contribution in [0.25, 0.3) is 0 Å². The number of nitro benzene ring substituents is 1. The third-order valence-electron chi connectivity index (χ3n) is 5.13. The number of nitro groups is 1. The number of carbonyl (C=O) groups is 1. The molecule has 0 aliphatic rings. The van der Waals surface area contributed by atoms with Crippen LogP contribution in [0, 0.1) is 10.1 Å². The fourth-order valence-corrected chi connectivity index (χ4v) is 5.10. The van der Waals surface area contributed by atoms with Crippen LogP contribution in [0.4, 0.5) is 5.69 Å². The van der Waals surface area contributed by atoms with Crippen molar-refractivity contribution in [2.75, 3.05) is 0 Å². The van der Waals surface area contributed by atoms with Crippen molar-refractivity contribution in [3.8, 4) is 5.75 Å². The van der Waals surface area contributed by atoms with Gasteiger partial charge in [-0.25, -0.2) is 13.2 Å². The van der Waals surface area contributed by atoms with Crippen molar-refractivity contribution in [1.29, 1.82) is 0 Å². The quantitative estimate of drug-likeness (QED) is 0.157. The molecule has 0 aliphatic carbocycles.